The van der Waals surface area contributed by atoms with E-state index in [2.05, 4.69) is 6.92 Å². The van der Waals surface area contributed by atoms with E-state index in [0.29, 0.717) is 12.1 Å². The fourth-order valence-corrected chi connectivity index (χ4v) is 2.10. The summed E-state index contributed by atoms with van der Waals surface area (Å²) in [7, 11) is 0. The molecule has 0 saturated heterocycles. The van der Waals surface area contributed by atoms with Crippen LogP contribution in [-0.2, 0) is 4.74 Å². The second-order valence-electron chi connectivity index (χ2n) is 4.60. The third-order valence-corrected chi connectivity index (χ3v) is 3.17. The van der Waals surface area contributed by atoms with Crippen molar-refractivity contribution < 1.29 is 4.74 Å². The van der Waals surface area contributed by atoms with Gasteiger partial charge in [-0.25, -0.2) is 0 Å². The number of rotatable bonds is 6. The lowest BCUT2D eigenvalue weighted by Crippen LogP contribution is -2.38. The smallest absolute Gasteiger partial charge is 0.0753 e. The van der Waals surface area contributed by atoms with Crippen molar-refractivity contribution in [2.24, 2.45) is 17.6 Å². The van der Waals surface area contributed by atoms with Crippen molar-refractivity contribution >= 4 is 0 Å². The maximum Gasteiger partial charge on any atom is 0.0753 e. The Morgan fingerprint density at radius 3 is 2.46 bits per heavy atom. The minimum Gasteiger partial charge on any atom is -0.377 e. The lowest BCUT2D eigenvalue weighted by Gasteiger charge is -2.23. The summed E-state index contributed by atoms with van der Waals surface area (Å²) in [4.78, 5) is 0. The van der Waals surface area contributed by atoms with Gasteiger partial charge in [-0.15, -0.1) is 0 Å². The second-order valence-corrected chi connectivity index (χ2v) is 4.60. The topological polar surface area (TPSA) is 35.2 Å². The normalized spacial score (nSPS) is 27.2. The van der Waals surface area contributed by atoms with Crippen LogP contribution in [0.15, 0.2) is 0 Å². The third-order valence-electron chi connectivity index (χ3n) is 3.17. The standard InChI is InChI=1S/C11H21NO/c1-2-13-11(9-5-6-9)10(12)7-8-3-4-8/h8-11H,2-7,12H2,1H3. The van der Waals surface area contributed by atoms with Crippen LogP contribution in [0.1, 0.15) is 39.0 Å². The summed E-state index contributed by atoms with van der Waals surface area (Å²) in [5.74, 6) is 1.71. The van der Waals surface area contributed by atoms with Gasteiger partial charge in [0.2, 0.25) is 0 Å². The largest absolute Gasteiger partial charge is 0.377 e. The van der Waals surface area contributed by atoms with Gasteiger partial charge in [-0.2, -0.15) is 0 Å². The molecule has 0 spiro atoms. The molecule has 0 aromatic carbocycles. The maximum atomic E-state index is 6.16. The summed E-state index contributed by atoms with van der Waals surface area (Å²) in [6, 6.07) is 0.306. The SMILES string of the molecule is CCOC(C(N)CC1CC1)C1CC1. The van der Waals surface area contributed by atoms with Gasteiger partial charge in [-0.05, 0) is 38.0 Å². The van der Waals surface area contributed by atoms with Crippen LogP contribution in [0.5, 0.6) is 0 Å². The number of nitrogens with two attached hydrogens (primary N) is 1. The predicted molar refractivity (Wildman–Crippen MR) is 53.5 cm³/mol. The molecule has 13 heavy (non-hydrogen) atoms. The zero-order valence-corrected chi connectivity index (χ0v) is 8.54. The lowest BCUT2D eigenvalue weighted by atomic mass is 10.0. The molecule has 2 aliphatic carbocycles. The zero-order valence-electron chi connectivity index (χ0n) is 8.54. The van der Waals surface area contributed by atoms with Crippen LogP contribution in [0.3, 0.4) is 0 Å². The molecule has 0 radical (unpaired) electrons. The number of ether oxygens (including phenoxy) is 1. The van der Waals surface area contributed by atoms with E-state index in [-0.39, 0.29) is 0 Å². The average Bonchev–Trinajstić information content (AvgIpc) is 2.92. The van der Waals surface area contributed by atoms with Crippen molar-refractivity contribution in [2.45, 2.75) is 51.2 Å². The van der Waals surface area contributed by atoms with E-state index < -0.39 is 0 Å². The Balaban J connectivity index is 1.77. The summed E-state index contributed by atoms with van der Waals surface area (Å²) in [6.45, 7) is 2.89. The molecule has 0 amide bonds. The Bertz CT molecular complexity index is 163. The van der Waals surface area contributed by atoms with Crippen molar-refractivity contribution in [3.05, 3.63) is 0 Å². The molecule has 2 saturated carbocycles. The average molecular weight is 183 g/mol. The molecule has 0 aromatic rings. The van der Waals surface area contributed by atoms with Crippen LogP contribution in [0, 0.1) is 11.8 Å². The maximum absolute atomic E-state index is 6.16. The van der Waals surface area contributed by atoms with Crippen molar-refractivity contribution in [3.63, 3.8) is 0 Å². The summed E-state index contributed by atoms with van der Waals surface area (Å²) in [5.41, 5.74) is 6.16. The van der Waals surface area contributed by atoms with Gasteiger partial charge in [0.15, 0.2) is 0 Å². The predicted octanol–water partition coefficient (Wildman–Crippen LogP) is 1.93. The lowest BCUT2D eigenvalue weighted by molar-refractivity contribution is 0.0256. The summed E-state index contributed by atoms with van der Waals surface area (Å²) < 4.78 is 5.73. The first-order valence-electron chi connectivity index (χ1n) is 5.68. The van der Waals surface area contributed by atoms with E-state index in [9.17, 15) is 0 Å². The first-order valence-corrected chi connectivity index (χ1v) is 5.68. The van der Waals surface area contributed by atoms with Gasteiger partial charge in [0.05, 0.1) is 6.10 Å². The molecule has 2 rings (SSSR count). The minimum atomic E-state index is 0.306. The van der Waals surface area contributed by atoms with Gasteiger partial charge < -0.3 is 10.5 Å². The molecule has 2 nitrogen and oxygen atoms in total. The highest BCUT2D eigenvalue weighted by Crippen LogP contribution is 2.39. The quantitative estimate of drug-likeness (QED) is 0.683. The summed E-state index contributed by atoms with van der Waals surface area (Å²) in [6.07, 6.45) is 7.03. The van der Waals surface area contributed by atoms with E-state index in [1.807, 2.05) is 0 Å². The molecule has 0 bridgehead atoms. The fourth-order valence-electron chi connectivity index (χ4n) is 2.10. The van der Waals surface area contributed by atoms with E-state index in [0.717, 1.165) is 18.4 Å². The molecule has 0 heterocycles. The van der Waals surface area contributed by atoms with Crippen molar-refractivity contribution in [1.29, 1.82) is 0 Å². The Kier molecular flexibility index (Phi) is 2.89. The van der Waals surface area contributed by atoms with Crippen LogP contribution in [0.2, 0.25) is 0 Å². The van der Waals surface area contributed by atoms with Crippen LogP contribution in [0.4, 0.5) is 0 Å². The Hall–Kier alpha value is -0.0800. The molecule has 2 atom stereocenters. The third kappa shape index (κ3) is 2.68. The molecule has 0 aliphatic heterocycles. The van der Waals surface area contributed by atoms with Gasteiger partial charge in [-0.3, -0.25) is 0 Å². The van der Waals surface area contributed by atoms with Crippen LogP contribution in [0.25, 0.3) is 0 Å². The van der Waals surface area contributed by atoms with Crippen LogP contribution < -0.4 is 5.73 Å². The summed E-state index contributed by atoms with van der Waals surface area (Å²) >= 11 is 0. The van der Waals surface area contributed by atoms with Crippen molar-refractivity contribution in [3.8, 4) is 0 Å². The highest BCUT2D eigenvalue weighted by Gasteiger charge is 2.37. The minimum absolute atomic E-state index is 0.306. The fraction of sp³-hybridized carbons (Fsp3) is 1.00. The van der Waals surface area contributed by atoms with E-state index in [1.54, 1.807) is 0 Å². The molecule has 0 aromatic heterocycles. The van der Waals surface area contributed by atoms with E-state index >= 15 is 0 Å². The highest BCUT2D eigenvalue weighted by molar-refractivity contribution is 4.91. The zero-order chi connectivity index (χ0) is 9.26. The van der Waals surface area contributed by atoms with Gasteiger partial charge in [0.25, 0.3) is 0 Å². The second kappa shape index (κ2) is 3.97. The van der Waals surface area contributed by atoms with Crippen molar-refractivity contribution in [2.75, 3.05) is 6.61 Å². The molecule has 2 aliphatic rings. The molecular formula is C11H21NO. The van der Waals surface area contributed by atoms with Gasteiger partial charge in [0.1, 0.15) is 0 Å². The van der Waals surface area contributed by atoms with Gasteiger partial charge in [-0.1, -0.05) is 12.8 Å². The van der Waals surface area contributed by atoms with E-state index in [1.165, 1.54) is 32.1 Å². The molecule has 2 unspecified atom stereocenters. The van der Waals surface area contributed by atoms with E-state index in [4.69, 9.17) is 10.5 Å². The van der Waals surface area contributed by atoms with Crippen LogP contribution >= 0.6 is 0 Å². The summed E-state index contributed by atoms with van der Waals surface area (Å²) in [5, 5.41) is 0. The molecule has 2 fully saturated rings. The highest BCUT2D eigenvalue weighted by atomic mass is 16.5. The molecule has 2 N–H and O–H groups in total. The number of hydrogen-bond donors (Lipinski definition) is 1. The Morgan fingerprint density at radius 2 is 2.00 bits per heavy atom. The molecule has 2 heteroatoms. The Morgan fingerprint density at radius 1 is 1.31 bits per heavy atom. The Labute approximate surface area is 80.8 Å². The van der Waals surface area contributed by atoms with Gasteiger partial charge in [0, 0.05) is 12.6 Å². The van der Waals surface area contributed by atoms with Crippen molar-refractivity contribution in [1.82, 2.24) is 0 Å². The number of hydrogen-bond acceptors (Lipinski definition) is 2. The monoisotopic (exact) mass is 183 g/mol. The van der Waals surface area contributed by atoms with Gasteiger partial charge >= 0.3 is 0 Å². The van der Waals surface area contributed by atoms with Crippen LogP contribution in [-0.4, -0.2) is 18.8 Å². The molecule has 76 valence electrons. The molecular weight excluding hydrogens is 162 g/mol. The first kappa shape index (κ1) is 9.47. The first-order chi connectivity index (χ1) is 6.31.